The summed E-state index contributed by atoms with van der Waals surface area (Å²) >= 11 is 0. The zero-order valence-corrected chi connectivity index (χ0v) is 12.4. The molecule has 1 unspecified atom stereocenters. The highest BCUT2D eigenvalue weighted by atomic mass is 16.4. The Hall–Kier alpha value is -1.84. The number of nitrogens with zero attached hydrogens (tertiary/aromatic N) is 1. The predicted octanol–water partition coefficient (Wildman–Crippen LogP) is 3.24. The molecule has 1 rings (SSSR count). The van der Waals surface area contributed by atoms with E-state index in [0.29, 0.717) is 6.42 Å². The summed E-state index contributed by atoms with van der Waals surface area (Å²) in [5, 5.41) is 9.05. The fourth-order valence-corrected chi connectivity index (χ4v) is 1.96. The van der Waals surface area contributed by atoms with Crippen LogP contribution in [0, 0.1) is 12.8 Å². The summed E-state index contributed by atoms with van der Waals surface area (Å²) in [6.07, 6.45) is 2.22. The molecule has 0 aliphatic carbocycles. The Labute approximate surface area is 120 Å². The van der Waals surface area contributed by atoms with Crippen LogP contribution in [0.25, 0.3) is 0 Å². The molecule has 0 aromatic heterocycles. The highest BCUT2D eigenvalue weighted by molar-refractivity contribution is 5.94. The third-order valence-electron chi connectivity index (χ3n) is 3.24. The molecule has 1 N–H and O–H groups in total. The van der Waals surface area contributed by atoms with E-state index >= 15 is 0 Å². The topological polar surface area (TPSA) is 57.6 Å². The molecule has 0 aliphatic rings. The standard InChI is InChI=1S/C16H23NO3/c1-4-5-9-15(18)17(11-13(3)16(19)20)14-8-6-7-12(2)10-14/h6-8,10,13H,4-5,9,11H2,1-3H3,(H,19,20). The van der Waals surface area contributed by atoms with E-state index in [0.717, 1.165) is 24.1 Å². The Morgan fingerprint density at radius 2 is 2.05 bits per heavy atom. The van der Waals surface area contributed by atoms with Crippen LogP contribution in [0.1, 0.15) is 38.7 Å². The highest BCUT2D eigenvalue weighted by Crippen LogP contribution is 2.19. The van der Waals surface area contributed by atoms with Crippen LogP contribution in [-0.2, 0) is 9.59 Å². The van der Waals surface area contributed by atoms with Gasteiger partial charge in [-0.05, 0) is 31.0 Å². The van der Waals surface area contributed by atoms with Crippen molar-refractivity contribution in [3.05, 3.63) is 29.8 Å². The number of benzene rings is 1. The average molecular weight is 277 g/mol. The number of aliphatic carboxylic acids is 1. The van der Waals surface area contributed by atoms with E-state index in [1.807, 2.05) is 38.1 Å². The zero-order chi connectivity index (χ0) is 15.1. The Balaban J connectivity index is 2.94. The van der Waals surface area contributed by atoms with E-state index in [1.165, 1.54) is 0 Å². The first-order valence-corrected chi connectivity index (χ1v) is 7.05. The number of unbranched alkanes of at least 4 members (excludes halogenated alkanes) is 1. The minimum absolute atomic E-state index is 0.00875. The lowest BCUT2D eigenvalue weighted by molar-refractivity contribution is -0.140. The molecule has 0 spiro atoms. The third kappa shape index (κ3) is 4.68. The van der Waals surface area contributed by atoms with Gasteiger partial charge in [0, 0.05) is 18.7 Å². The van der Waals surface area contributed by atoms with Crippen LogP contribution in [0.2, 0.25) is 0 Å². The summed E-state index contributed by atoms with van der Waals surface area (Å²) < 4.78 is 0. The maximum absolute atomic E-state index is 12.3. The summed E-state index contributed by atoms with van der Waals surface area (Å²) in [6, 6.07) is 7.61. The second-order valence-corrected chi connectivity index (χ2v) is 5.19. The Kier molecular flexibility index (Phi) is 6.22. The second-order valence-electron chi connectivity index (χ2n) is 5.19. The van der Waals surface area contributed by atoms with Gasteiger partial charge in [-0.1, -0.05) is 32.4 Å². The van der Waals surface area contributed by atoms with Gasteiger partial charge in [0.2, 0.25) is 5.91 Å². The van der Waals surface area contributed by atoms with Crippen LogP contribution in [0.4, 0.5) is 5.69 Å². The first kappa shape index (κ1) is 16.2. The lowest BCUT2D eigenvalue weighted by Crippen LogP contribution is -2.37. The van der Waals surface area contributed by atoms with Crippen LogP contribution in [0.5, 0.6) is 0 Å². The molecule has 110 valence electrons. The normalized spacial score (nSPS) is 11.9. The number of carbonyl (C=O) groups is 2. The van der Waals surface area contributed by atoms with Crippen molar-refractivity contribution < 1.29 is 14.7 Å². The fourth-order valence-electron chi connectivity index (χ4n) is 1.96. The van der Waals surface area contributed by atoms with Crippen LogP contribution in [0.15, 0.2) is 24.3 Å². The van der Waals surface area contributed by atoms with E-state index in [1.54, 1.807) is 11.8 Å². The summed E-state index contributed by atoms with van der Waals surface area (Å²) in [7, 11) is 0. The van der Waals surface area contributed by atoms with E-state index in [9.17, 15) is 9.59 Å². The smallest absolute Gasteiger partial charge is 0.308 e. The van der Waals surface area contributed by atoms with Crippen molar-refractivity contribution in [3.8, 4) is 0 Å². The van der Waals surface area contributed by atoms with E-state index in [4.69, 9.17) is 5.11 Å². The molecule has 1 aromatic carbocycles. The van der Waals surface area contributed by atoms with Gasteiger partial charge in [0.1, 0.15) is 0 Å². The molecular formula is C16H23NO3. The molecule has 20 heavy (non-hydrogen) atoms. The van der Waals surface area contributed by atoms with Crippen LogP contribution < -0.4 is 4.90 Å². The minimum atomic E-state index is -0.883. The van der Waals surface area contributed by atoms with Crippen molar-refractivity contribution >= 4 is 17.6 Å². The first-order chi connectivity index (χ1) is 9.45. The first-order valence-electron chi connectivity index (χ1n) is 7.05. The minimum Gasteiger partial charge on any atom is -0.481 e. The maximum Gasteiger partial charge on any atom is 0.308 e. The third-order valence-corrected chi connectivity index (χ3v) is 3.24. The Morgan fingerprint density at radius 1 is 1.35 bits per heavy atom. The average Bonchev–Trinajstić information content (AvgIpc) is 2.41. The SMILES string of the molecule is CCCCC(=O)N(CC(C)C(=O)O)c1cccc(C)c1. The molecule has 1 aromatic rings. The maximum atomic E-state index is 12.3. The molecule has 0 fully saturated rings. The van der Waals surface area contributed by atoms with Crippen molar-refractivity contribution in [2.24, 2.45) is 5.92 Å². The number of hydrogen-bond donors (Lipinski definition) is 1. The molecule has 0 aliphatic heterocycles. The van der Waals surface area contributed by atoms with Gasteiger partial charge in [0.15, 0.2) is 0 Å². The largest absolute Gasteiger partial charge is 0.481 e. The molecule has 0 saturated heterocycles. The van der Waals surface area contributed by atoms with Gasteiger partial charge in [0.05, 0.1) is 5.92 Å². The van der Waals surface area contributed by atoms with Crippen molar-refractivity contribution in [1.29, 1.82) is 0 Å². The van der Waals surface area contributed by atoms with Crippen LogP contribution in [-0.4, -0.2) is 23.5 Å². The highest BCUT2D eigenvalue weighted by Gasteiger charge is 2.21. The van der Waals surface area contributed by atoms with E-state index in [2.05, 4.69) is 0 Å². The van der Waals surface area contributed by atoms with E-state index in [-0.39, 0.29) is 12.5 Å². The van der Waals surface area contributed by atoms with Gasteiger partial charge >= 0.3 is 5.97 Å². The van der Waals surface area contributed by atoms with Crippen molar-refractivity contribution in [1.82, 2.24) is 0 Å². The number of amides is 1. The quantitative estimate of drug-likeness (QED) is 0.832. The molecule has 1 amide bonds. The molecule has 4 nitrogen and oxygen atoms in total. The predicted molar refractivity (Wildman–Crippen MR) is 79.9 cm³/mol. The number of hydrogen-bond acceptors (Lipinski definition) is 2. The van der Waals surface area contributed by atoms with Crippen molar-refractivity contribution in [3.63, 3.8) is 0 Å². The van der Waals surface area contributed by atoms with Gasteiger partial charge in [-0.15, -0.1) is 0 Å². The van der Waals surface area contributed by atoms with Gasteiger partial charge in [-0.3, -0.25) is 9.59 Å². The van der Waals surface area contributed by atoms with Gasteiger partial charge in [-0.25, -0.2) is 0 Å². The van der Waals surface area contributed by atoms with Crippen LogP contribution >= 0.6 is 0 Å². The fraction of sp³-hybridized carbons (Fsp3) is 0.500. The van der Waals surface area contributed by atoms with Gasteiger partial charge in [0.25, 0.3) is 0 Å². The monoisotopic (exact) mass is 277 g/mol. The molecule has 1 atom stereocenters. The van der Waals surface area contributed by atoms with Crippen LogP contribution in [0.3, 0.4) is 0 Å². The number of carbonyl (C=O) groups excluding carboxylic acids is 1. The molecule has 0 bridgehead atoms. The number of carboxylic acid groups (broad SMARTS) is 1. The van der Waals surface area contributed by atoms with Gasteiger partial charge < -0.3 is 10.0 Å². The molecule has 4 heteroatoms. The lowest BCUT2D eigenvalue weighted by Gasteiger charge is -2.25. The summed E-state index contributed by atoms with van der Waals surface area (Å²) in [6.45, 7) is 5.82. The zero-order valence-electron chi connectivity index (χ0n) is 12.4. The number of anilines is 1. The summed E-state index contributed by atoms with van der Waals surface area (Å²) in [5.41, 5.74) is 1.83. The lowest BCUT2D eigenvalue weighted by atomic mass is 10.1. The van der Waals surface area contributed by atoms with E-state index < -0.39 is 11.9 Å². The molecule has 0 saturated carbocycles. The molecular weight excluding hydrogens is 254 g/mol. The molecule has 0 radical (unpaired) electrons. The second kappa shape index (κ2) is 7.68. The summed E-state index contributed by atoms with van der Waals surface area (Å²) in [5.74, 6) is -1.47. The molecule has 0 heterocycles. The Bertz CT molecular complexity index is 471. The number of rotatable bonds is 7. The van der Waals surface area contributed by atoms with Gasteiger partial charge in [-0.2, -0.15) is 0 Å². The Morgan fingerprint density at radius 3 is 2.60 bits per heavy atom. The van der Waals surface area contributed by atoms with Crippen molar-refractivity contribution in [2.75, 3.05) is 11.4 Å². The number of aryl methyl sites for hydroxylation is 1. The summed E-state index contributed by atoms with van der Waals surface area (Å²) in [4.78, 5) is 24.9. The van der Waals surface area contributed by atoms with Crippen molar-refractivity contribution in [2.45, 2.75) is 40.0 Å². The number of carboxylic acids is 1.